The van der Waals surface area contributed by atoms with Crippen LogP contribution in [-0.2, 0) is 22.2 Å². The SMILES string of the molecule is CCC(CC(N)=O)c1cnc2[nH]cc(C(=O)c3c(F)ccc(N(c4ccc(C(F)(F)F)cc4)S(=O)O)c3F)c2c1. The number of nitrogens with one attached hydrogen (secondary N) is 1. The van der Waals surface area contributed by atoms with E-state index in [4.69, 9.17) is 5.73 Å². The Kier molecular flexibility index (Phi) is 8.03. The number of carbonyl (C=O) groups is 2. The van der Waals surface area contributed by atoms with Gasteiger partial charge < -0.3 is 10.7 Å². The van der Waals surface area contributed by atoms with Gasteiger partial charge in [-0.2, -0.15) is 13.2 Å². The molecule has 40 heavy (non-hydrogen) atoms. The maximum Gasteiger partial charge on any atom is 0.416 e. The molecule has 210 valence electrons. The molecule has 2 unspecified atom stereocenters. The van der Waals surface area contributed by atoms with Crippen molar-refractivity contribution >= 4 is 45.4 Å². The van der Waals surface area contributed by atoms with Crippen LogP contribution in [-0.4, -0.2) is 30.4 Å². The number of hydrogen-bond donors (Lipinski definition) is 3. The summed E-state index contributed by atoms with van der Waals surface area (Å²) in [5.41, 5.74) is 2.79. The second kappa shape index (κ2) is 11.1. The first-order chi connectivity index (χ1) is 18.8. The molecule has 0 saturated heterocycles. The minimum Gasteiger partial charge on any atom is -0.370 e. The maximum atomic E-state index is 15.7. The van der Waals surface area contributed by atoms with Crippen LogP contribution in [0, 0.1) is 11.6 Å². The number of nitrogens with zero attached hydrogens (tertiary/aromatic N) is 2. The molecule has 1 amide bonds. The average Bonchev–Trinajstić information content (AvgIpc) is 3.31. The smallest absolute Gasteiger partial charge is 0.370 e. The molecule has 0 aliphatic rings. The summed E-state index contributed by atoms with van der Waals surface area (Å²) in [6.45, 7) is 1.82. The normalized spacial score (nSPS) is 13.3. The van der Waals surface area contributed by atoms with Crippen LogP contribution in [0.25, 0.3) is 11.0 Å². The Bertz CT molecular complexity index is 1620. The van der Waals surface area contributed by atoms with Crippen LogP contribution in [0.3, 0.4) is 0 Å². The lowest BCUT2D eigenvalue weighted by Gasteiger charge is -2.22. The summed E-state index contributed by atoms with van der Waals surface area (Å²) in [5, 5.41) is 0.208. The number of carbonyl (C=O) groups excluding carboxylic acids is 2. The van der Waals surface area contributed by atoms with Crippen LogP contribution in [0.5, 0.6) is 0 Å². The van der Waals surface area contributed by atoms with Crippen molar-refractivity contribution in [3.05, 3.63) is 88.7 Å². The molecule has 0 fully saturated rings. The molecule has 2 aromatic heterocycles. The van der Waals surface area contributed by atoms with Gasteiger partial charge in [0.05, 0.1) is 22.5 Å². The van der Waals surface area contributed by atoms with Gasteiger partial charge in [-0.25, -0.2) is 22.3 Å². The number of rotatable bonds is 9. The highest BCUT2D eigenvalue weighted by atomic mass is 32.2. The Morgan fingerprint density at radius 2 is 1.82 bits per heavy atom. The number of hydrogen-bond acceptors (Lipinski definition) is 4. The average molecular weight is 581 g/mol. The number of nitrogens with two attached hydrogens (primary N) is 1. The number of primary amides is 1. The van der Waals surface area contributed by atoms with Crippen LogP contribution in [0.15, 0.2) is 54.9 Å². The van der Waals surface area contributed by atoms with E-state index in [-0.39, 0.29) is 34.6 Å². The van der Waals surface area contributed by atoms with Gasteiger partial charge in [0.1, 0.15) is 11.5 Å². The molecule has 0 saturated carbocycles. The van der Waals surface area contributed by atoms with Gasteiger partial charge in [0.15, 0.2) is 5.82 Å². The van der Waals surface area contributed by atoms with Crippen LogP contribution in [0.1, 0.15) is 52.7 Å². The lowest BCUT2D eigenvalue weighted by atomic mass is 9.92. The van der Waals surface area contributed by atoms with Gasteiger partial charge in [-0.15, -0.1) is 0 Å². The number of aromatic amines is 1. The van der Waals surface area contributed by atoms with Gasteiger partial charge >= 0.3 is 6.18 Å². The fourth-order valence-electron chi connectivity index (χ4n) is 4.31. The highest BCUT2D eigenvalue weighted by Gasteiger charge is 2.32. The zero-order valence-electron chi connectivity index (χ0n) is 20.6. The van der Waals surface area contributed by atoms with E-state index in [1.165, 1.54) is 12.4 Å². The summed E-state index contributed by atoms with van der Waals surface area (Å²) < 4.78 is 91.9. The largest absolute Gasteiger partial charge is 0.416 e. The van der Waals surface area contributed by atoms with E-state index in [2.05, 4.69) is 9.97 Å². The van der Waals surface area contributed by atoms with E-state index >= 15 is 4.39 Å². The van der Waals surface area contributed by atoms with Crippen molar-refractivity contribution in [3.8, 4) is 0 Å². The van der Waals surface area contributed by atoms with Gasteiger partial charge in [0, 0.05) is 29.8 Å². The van der Waals surface area contributed by atoms with Gasteiger partial charge in [0.2, 0.25) is 11.7 Å². The first kappa shape index (κ1) is 28.8. The Labute approximate surface area is 226 Å². The van der Waals surface area contributed by atoms with Gasteiger partial charge in [0.25, 0.3) is 11.3 Å². The predicted octanol–water partition coefficient (Wildman–Crippen LogP) is 5.73. The van der Waals surface area contributed by atoms with E-state index < -0.39 is 57.6 Å². The van der Waals surface area contributed by atoms with Crippen molar-refractivity contribution < 1.29 is 40.3 Å². The van der Waals surface area contributed by atoms with Crippen molar-refractivity contribution in [1.29, 1.82) is 0 Å². The van der Waals surface area contributed by atoms with Crippen molar-refractivity contribution in [2.24, 2.45) is 5.73 Å². The molecule has 4 N–H and O–H groups in total. The number of fused-ring (bicyclic) bond motifs is 1. The van der Waals surface area contributed by atoms with Crippen LogP contribution in [0.2, 0.25) is 0 Å². The highest BCUT2D eigenvalue weighted by molar-refractivity contribution is 7.81. The van der Waals surface area contributed by atoms with Gasteiger partial charge in [-0.05, 0) is 60.4 Å². The standard InChI is InChI=1S/C26H21F5N4O4S/c1-2-13(10-21(32)36)14-9-17-18(12-34-25(17)33-11-14)24(37)22-19(27)7-8-20(23(22)28)35(40(38)39)16-5-3-15(4-6-16)26(29,30)31/h3-9,11-13H,2,10H2,1H3,(H2,32,36)(H,33,34)(H,38,39). The number of pyridine rings is 1. The number of amides is 1. The summed E-state index contributed by atoms with van der Waals surface area (Å²) in [4.78, 5) is 31.9. The monoisotopic (exact) mass is 580 g/mol. The van der Waals surface area contributed by atoms with E-state index in [0.717, 1.165) is 18.2 Å². The fraction of sp³-hybridized carbons (Fsp3) is 0.192. The second-order valence-corrected chi connectivity index (χ2v) is 9.62. The number of benzene rings is 2. The molecule has 8 nitrogen and oxygen atoms in total. The molecule has 4 aromatic rings. The molecule has 0 bridgehead atoms. The maximum absolute atomic E-state index is 15.7. The Balaban J connectivity index is 1.80. The lowest BCUT2D eigenvalue weighted by molar-refractivity contribution is -0.137. The molecule has 0 aliphatic heterocycles. The summed E-state index contributed by atoms with van der Waals surface area (Å²) in [6.07, 6.45) is -1.46. The van der Waals surface area contributed by atoms with E-state index in [0.29, 0.717) is 34.5 Å². The molecule has 2 heterocycles. The van der Waals surface area contributed by atoms with Gasteiger partial charge in [-0.1, -0.05) is 6.92 Å². The molecule has 14 heteroatoms. The van der Waals surface area contributed by atoms with Crippen molar-refractivity contribution in [3.63, 3.8) is 0 Å². The summed E-state index contributed by atoms with van der Waals surface area (Å²) in [6, 6.07) is 5.97. The summed E-state index contributed by atoms with van der Waals surface area (Å²) in [7, 11) is 0. The number of anilines is 2. The van der Waals surface area contributed by atoms with E-state index in [1.807, 2.05) is 6.92 Å². The number of aromatic nitrogens is 2. The highest BCUT2D eigenvalue weighted by Crippen LogP contribution is 2.36. The van der Waals surface area contributed by atoms with Crippen molar-refractivity contribution in [2.75, 3.05) is 4.31 Å². The van der Waals surface area contributed by atoms with E-state index in [1.54, 1.807) is 6.07 Å². The molecule has 2 atom stereocenters. The number of H-pyrrole nitrogens is 1. The van der Waals surface area contributed by atoms with Crippen molar-refractivity contribution in [1.82, 2.24) is 9.97 Å². The molecular formula is C26H21F5N4O4S. The Morgan fingerprint density at radius 1 is 1.15 bits per heavy atom. The molecular weight excluding hydrogens is 559 g/mol. The molecule has 0 spiro atoms. The number of halogens is 5. The van der Waals surface area contributed by atoms with Crippen LogP contribution < -0.4 is 10.0 Å². The molecule has 0 aliphatic carbocycles. The number of ketones is 1. The zero-order valence-corrected chi connectivity index (χ0v) is 21.4. The molecule has 0 radical (unpaired) electrons. The first-order valence-corrected chi connectivity index (χ1v) is 12.8. The second-order valence-electron chi connectivity index (χ2n) is 8.80. The van der Waals surface area contributed by atoms with Gasteiger partial charge in [-0.3, -0.25) is 14.1 Å². The quantitative estimate of drug-likeness (QED) is 0.132. The molecule has 4 rings (SSSR count). The third-order valence-corrected chi connectivity index (χ3v) is 7.03. The number of alkyl halides is 3. The van der Waals surface area contributed by atoms with Crippen LogP contribution >= 0.6 is 0 Å². The van der Waals surface area contributed by atoms with E-state index in [9.17, 15) is 35.9 Å². The van der Waals surface area contributed by atoms with Crippen molar-refractivity contribution in [2.45, 2.75) is 31.9 Å². The Hall–Kier alpha value is -4.17. The Morgan fingerprint density at radius 3 is 2.40 bits per heavy atom. The van der Waals surface area contributed by atoms with Crippen LogP contribution in [0.4, 0.5) is 33.3 Å². The topological polar surface area (TPSA) is 129 Å². The molecule has 2 aromatic carbocycles. The third kappa shape index (κ3) is 5.58. The first-order valence-electron chi connectivity index (χ1n) is 11.7. The fourth-order valence-corrected chi connectivity index (χ4v) is 4.92. The minimum absolute atomic E-state index is 0.0147. The minimum atomic E-state index is -4.69. The lowest BCUT2D eigenvalue weighted by Crippen LogP contribution is -2.22. The predicted molar refractivity (Wildman–Crippen MR) is 137 cm³/mol. The zero-order chi connectivity index (χ0) is 29.4. The summed E-state index contributed by atoms with van der Waals surface area (Å²) in [5.74, 6) is -4.77. The third-order valence-electron chi connectivity index (χ3n) is 6.31. The summed E-state index contributed by atoms with van der Waals surface area (Å²) >= 11 is -3.02.